The predicted octanol–water partition coefficient (Wildman–Crippen LogP) is 3.06. The molecular formula is C19H18N4O2S. The largest absolute Gasteiger partial charge is 0.328 e. The molecule has 0 bridgehead atoms. The molecule has 0 unspecified atom stereocenters. The molecular weight excluding hydrogens is 348 g/mol. The molecule has 0 radical (unpaired) electrons. The van der Waals surface area contributed by atoms with E-state index in [4.69, 9.17) is 0 Å². The van der Waals surface area contributed by atoms with E-state index < -0.39 is 0 Å². The van der Waals surface area contributed by atoms with Gasteiger partial charge in [-0.15, -0.1) is 11.3 Å². The molecule has 26 heavy (non-hydrogen) atoms. The molecule has 132 valence electrons. The molecule has 7 heteroatoms. The van der Waals surface area contributed by atoms with Gasteiger partial charge < -0.3 is 5.32 Å². The summed E-state index contributed by atoms with van der Waals surface area (Å²) in [5, 5.41) is 3.87. The van der Waals surface area contributed by atoms with Crippen LogP contribution in [0.2, 0.25) is 0 Å². The van der Waals surface area contributed by atoms with Crippen LogP contribution >= 0.6 is 11.3 Å². The Kier molecular flexibility index (Phi) is 4.08. The number of fused-ring (bicyclic) bond motifs is 2. The van der Waals surface area contributed by atoms with Gasteiger partial charge in [-0.05, 0) is 30.3 Å². The highest BCUT2D eigenvalue weighted by atomic mass is 32.1. The molecule has 0 aliphatic heterocycles. The van der Waals surface area contributed by atoms with Gasteiger partial charge in [0.15, 0.2) is 0 Å². The summed E-state index contributed by atoms with van der Waals surface area (Å²) in [7, 11) is 3.46. The maximum atomic E-state index is 12.3. The first kappa shape index (κ1) is 16.5. The van der Waals surface area contributed by atoms with Gasteiger partial charge in [-0.2, -0.15) is 0 Å². The molecule has 0 spiro atoms. The summed E-state index contributed by atoms with van der Waals surface area (Å²) in [6, 6.07) is 13.5. The zero-order valence-corrected chi connectivity index (χ0v) is 15.3. The van der Waals surface area contributed by atoms with Crippen molar-refractivity contribution < 1.29 is 4.79 Å². The number of carbonyl (C=O) groups excluding carboxylic acids is 1. The van der Waals surface area contributed by atoms with Crippen molar-refractivity contribution in [2.24, 2.45) is 14.1 Å². The van der Waals surface area contributed by atoms with E-state index in [9.17, 15) is 9.59 Å². The van der Waals surface area contributed by atoms with Crippen LogP contribution in [0.1, 0.15) is 11.4 Å². The molecule has 1 amide bonds. The molecule has 6 nitrogen and oxygen atoms in total. The Morgan fingerprint density at radius 3 is 2.69 bits per heavy atom. The first-order chi connectivity index (χ1) is 12.5. The molecule has 2 aromatic heterocycles. The van der Waals surface area contributed by atoms with E-state index in [1.807, 2.05) is 42.5 Å². The van der Waals surface area contributed by atoms with Gasteiger partial charge in [-0.1, -0.05) is 12.1 Å². The van der Waals surface area contributed by atoms with Crippen LogP contribution < -0.4 is 11.0 Å². The van der Waals surface area contributed by atoms with Crippen LogP contribution in [0.5, 0.6) is 0 Å². The van der Waals surface area contributed by atoms with E-state index in [2.05, 4.69) is 10.3 Å². The highest BCUT2D eigenvalue weighted by Crippen LogP contribution is 2.23. The number of para-hydroxylation sites is 1. The standard InChI is InChI=1S/C19H18N4O2S/c1-22-14-8-7-12(11-15(14)23(2)19(22)25)20-17(24)9-10-18-21-13-5-3-4-6-16(13)26-18/h3-8,11H,9-10H2,1-2H3,(H,20,24). The third-order valence-corrected chi connectivity index (χ3v) is 5.56. The first-order valence-corrected chi connectivity index (χ1v) is 9.14. The van der Waals surface area contributed by atoms with Gasteiger partial charge in [0, 0.05) is 32.6 Å². The molecule has 0 fully saturated rings. The third-order valence-electron chi connectivity index (χ3n) is 4.46. The van der Waals surface area contributed by atoms with Gasteiger partial charge in [0.05, 0.1) is 26.3 Å². The number of hydrogen-bond donors (Lipinski definition) is 1. The number of anilines is 1. The number of hydrogen-bond acceptors (Lipinski definition) is 4. The summed E-state index contributed by atoms with van der Waals surface area (Å²) >= 11 is 1.62. The molecule has 1 N–H and O–H groups in total. The Labute approximate surface area is 153 Å². The average Bonchev–Trinajstić information content (AvgIpc) is 3.15. The Morgan fingerprint density at radius 2 is 1.88 bits per heavy atom. The van der Waals surface area contributed by atoms with E-state index in [0.29, 0.717) is 18.5 Å². The van der Waals surface area contributed by atoms with Crippen molar-refractivity contribution in [2.75, 3.05) is 5.32 Å². The first-order valence-electron chi connectivity index (χ1n) is 8.33. The van der Waals surface area contributed by atoms with E-state index in [1.165, 1.54) is 0 Å². The summed E-state index contributed by atoms with van der Waals surface area (Å²) in [5.41, 5.74) is 3.21. The van der Waals surface area contributed by atoms with Gasteiger partial charge in [-0.3, -0.25) is 13.9 Å². The fourth-order valence-corrected chi connectivity index (χ4v) is 4.02. The van der Waals surface area contributed by atoms with Gasteiger partial charge in [0.2, 0.25) is 5.91 Å². The summed E-state index contributed by atoms with van der Waals surface area (Å²) in [6.07, 6.45) is 0.975. The highest BCUT2D eigenvalue weighted by molar-refractivity contribution is 7.18. The quantitative estimate of drug-likeness (QED) is 0.603. The van der Waals surface area contributed by atoms with Crippen LogP contribution in [0.4, 0.5) is 5.69 Å². The summed E-state index contributed by atoms with van der Waals surface area (Å²) in [4.78, 5) is 28.8. The molecule has 0 saturated carbocycles. The normalized spacial score (nSPS) is 11.3. The van der Waals surface area contributed by atoms with Crippen LogP contribution in [-0.4, -0.2) is 20.0 Å². The number of nitrogens with zero attached hydrogens (tertiary/aromatic N) is 3. The predicted molar refractivity (Wildman–Crippen MR) is 105 cm³/mol. The SMILES string of the molecule is Cn1c(=O)n(C)c2cc(NC(=O)CCc3nc4ccccc4s3)ccc21. The zero-order chi connectivity index (χ0) is 18.3. The Morgan fingerprint density at radius 1 is 1.12 bits per heavy atom. The number of rotatable bonds is 4. The second-order valence-electron chi connectivity index (χ2n) is 6.23. The smallest absolute Gasteiger partial charge is 0.326 e. The fourth-order valence-electron chi connectivity index (χ4n) is 3.06. The average molecular weight is 366 g/mol. The monoisotopic (exact) mass is 366 g/mol. The molecule has 0 saturated heterocycles. The number of benzene rings is 2. The second-order valence-corrected chi connectivity index (χ2v) is 7.34. The van der Waals surface area contributed by atoms with Crippen LogP contribution in [0.15, 0.2) is 47.3 Å². The number of nitrogens with one attached hydrogen (secondary N) is 1. The lowest BCUT2D eigenvalue weighted by Crippen LogP contribution is -2.19. The lowest BCUT2D eigenvalue weighted by molar-refractivity contribution is -0.116. The Hall–Kier alpha value is -2.93. The van der Waals surface area contributed by atoms with Gasteiger partial charge in [-0.25, -0.2) is 9.78 Å². The number of carbonyl (C=O) groups is 1. The molecule has 2 heterocycles. The third kappa shape index (κ3) is 2.90. The molecule has 4 aromatic rings. The molecule has 0 aliphatic rings. The summed E-state index contributed by atoms with van der Waals surface area (Å²) < 4.78 is 4.30. The fraction of sp³-hybridized carbons (Fsp3) is 0.211. The number of imidazole rings is 1. The van der Waals surface area contributed by atoms with Crippen molar-refractivity contribution >= 4 is 44.2 Å². The van der Waals surface area contributed by atoms with E-state index in [-0.39, 0.29) is 11.6 Å². The van der Waals surface area contributed by atoms with Gasteiger partial charge in [0.25, 0.3) is 0 Å². The van der Waals surface area contributed by atoms with Crippen LogP contribution in [0, 0.1) is 0 Å². The van der Waals surface area contributed by atoms with Gasteiger partial charge in [0.1, 0.15) is 0 Å². The zero-order valence-electron chi connectivity index (χ0n) is 14.5. The van der Waals surface area contributed by atoms with Crippen molar-refractivity contribution in [1.29, 1.82) is 0 Å². The summed E-state index contributed by atoms with van der Waals surface area (Å²) in [5.74, 6) is -0.0652. The minimum absolute atomic E-state index is 0.0652. The summed E-state index contributed by atoms with van der Waals surface area (Å²) in [6.45, 7) is 0. The van der Waals surface area contributed by atoms with Crippen molar-refractivity contribution in [3.63, 3.8) is 0 Å². The van der Waals surface area contributed by atoms with Crippen molar-refractivity contribution in [3.8, 4) is 0 Å². The van der Waals surface area contributed by atoms with Crippen LogP contribution in [0.25, 0.3) is 21.3 Å². The van der Waals surface area contributed by atoms with Crippen LogP contribution in [0.3, 0.4) is 0 Å². The second kappa shape index (κ2) is 6.42. The number of aryl methyl sites for hydroxylation is 3. The minimum atomic E-state index is -0.0840. The highest BCUT2D eigenvalue weighted by Gasteiger charge is 2.11. The molecule has 2 aromatic carbocycles. The Bertz CT molecular complexity index is 1150. The lowest BCUT2D eigenvalue weighted by atomic mass is 10.2. The van der Waals surface area contributed by atoms with E-state index in [0.717, 1.165) is 26.3 Å². The molecule has 0 aliphatic carbocycles. The maximum absolute atomic E-state index is 12.3. The minimum Gasteiger partial charge on any atom is -0.326 e. The van der Waals surface area contributed by atoms with Crippen molar-refractivity contribution in [2.45, 2.75) is 12.8 Å². The molecule has 0 atom stereocenters. The number of amides is 1. The van der Waals surface area contributed by atoms with E-state index >= 15 is 0 Å². The maximum Gasteiger partial charge on any atom is 0.328 e. The van der Waals surface area contributed by atoms with Crippen LogP contribution in [-0.2, 0) is 25.3 Å². The van der Waals surface area contributed by atoms with E-state index in [1.54, 1.807) is 34.6 Å². The topological polar surface area (TPSA) is 68.9 Å². The van der Waals surface area contributed by atoms with Gasteiger partial charge >= 0.3 is 5.69 Å². The lowest BCUT2D eigenvalue weighted by Gasteiger charge is -2.05. The van der Waals surface area contributed by atoms with Crippen molar-refractivity contribution in [3.05, 3.63) is 58.0 Å². The Balaban J connectivity index is 1.46. The number of thiazole rings is 1. The number of aromatic nitrogens is 3. The molecule has 4 rings (SSSR count). The van der Waals surface area contributed by atoms with Crippen molar-refractivity contribution in [1.82, 2.24) is 14.1 Å².